The molecule has 0 unspecified atom stereocenters. The van der Waals surface area contributed by atoms with Gasteiger partial charge in [-0.3, -0.25) is 4.79 Å². The van der Waals surface area contributed by atoms with E-state index < -0.39 is 0 Å². The number of aryl methyl sites for hydroxylation is 3. The number of thiophene rings is 1. The van der Waals surface area contributed by atoms with E-state index in [1.807, 2.05) is 18.4 Å². The molecule has 0 atom stereocenters. The highest BCUT2D eigenvalue weighted by Gasteiger charge is 2.02. The molecule has 1 heterocycles. The second-order valence-electron chi connectivity index (χ2n) is 5.25. The molecule has 2 rings (SSSR count). The molecule has 5 heteroatoms. The van der Waals surface area contributed by atoms with Crippen molar-refractivity contribution in [2.24, 2.45) is 5.10 Å². The number of carbonyl (C=O) groups is 1. The first-order valence-electron chi connectivity index (χ1n) is 7.05. The molecule has 2 aromatic rings. The molecule has 116 valence electrons. The van der Waals surface area contributed by atoms with Gasteiger partial charge in [-0.05, 0) is 43.3 Å². The lowest BCUT2D eigenvalue weighted by Gasteiger charge is -2.04. The van der Waals surface area contributed by atoms with E-state index in [1.165, 1.54) is 22.3 Å². The van der Waals surface area contributed by atoms with Gasteiger partial charge in [-0.25, -0.2) is 5.43 Å². The van der Waals surface area contributed by atoms with Crippen LogP contribution in [0.5, 0.6) is 0 Å². The Bertz CT molecular complexity index is 657. The number of nitrogens with one attached hydrogen (secondary N) is 1. The number of hydrogen-bond acceptors (Lipinski definition) is 4. The normalized spacial score (nSPS) is 11.0. The Morgan fingerprint density at radius 3 is 2.64 bits per heavy atom. The minimum atomic E-state index is -0.0696. The zero-order chi connectivity index (χ0) is 15.9. The van der Waals surface area contributed by atoms with Crippen LogP contribution >= 0.6 is 23.1 Å². The van der Waals surface area contributed by atoms with Crippen molar-refractivity contribution in [2.75, 3.05) is 5.75 Å². The van der Waals surface area contributed by atoms with Gasteiger partial charge in [0.15, 0.2) is 0 Å². The molecule has 0 saturated carbocycles. The molecule has 0 aliphatic carbocycles. The third kappa shape index (κ3) is 5.31. The summed E-state index contributed by atoms with van der Waals surface area (Å²) in [4.78, 5) is 12.8. The molecule has 1 N–H and O–H groups in total. The Morgan fingerprint density at radius 1 is 1.27 bits per heavy atom. The summed E-state index contributed by atoms with van der Waals surface area (Å²) in [6, 6.07) is 8.51. The largest absolute Gasteiger partial charge is 0.272 e. The maximum absolute atomic E-state index is 11.7. The number of hydrogen-bond donors (Lipinski definition) is 1. The summed E-state index contributed by atoms with van der Waals surface area (Å²) in [6.07, 6.45) is 1.70. The Morgan fingerprint density at radius 2 is 2.00 bits per heavy atom. The molecule has 3 nitrogen and oxygen atoms in total. The fourth-order valence-corrected chi connectivity index (χ4v) is 3.67. The summed E-state index contributed by atoms with van der Waals surface area (Å²) in [5.41, 5.74) is 7.52. The summed E-state index contributed by atoms with van der Waals surface area (Å²) in [5.74, 6) is 1.18. The van der Waals surface area contributed by atoms with Crippen LogP contribution in [0.4, 0.5) is 0 Å². The summed E-state index contributed by atoms with van der Waals surface area (Å²) in [6.45, 7) is 6.21. The quantitative estimate of drug-likeness (QED) is 0.640. The number of nitrogens with zero attached hydrogens (tertiary/aromatic N) is 1. The van der Waals surface area contributed by atoms with Crippen molar-refractivity contribution in [3.05, 3.63) is 56.8 Å². The van der Waals surface area contributed by atoms with Gasteiger partial charge >= 0.3 is 0 Å². The van der Waals surface area contributed by atoms with Crippen LogP contribution in [0.3, 0.4) is 0 Å². The first kappa shape index (κ1) is 16.8. The van der Waals surface area contributed by atoms with Crippen LogP contribution in [0.25, 0.3) is 0 Å². The molecular weight excluding hydrogens is 312 g/mol. The zero-order valence-electron chi connectivity index (χ0n) is 13.1. The van der Waals surface area contributed by atoms with Crippen molar-refractivity contribution >= 4 is 35.2 Å². The smallest absolute Gasteiger partial charge is 0.250 e. The highest BCUT2D eigenvalue weighted by atomic mass is 32.2. The molecule has 0 bridgehead atoms. The average Bonchev–Trinajstić information content (AvgIpc) is 2.83. The molecule has 0 aliphatic heterocycles. The molecule has 22 heavy (non-hydrogen) atoms. The predicted octanol–water partition coefficient (Wildman–Crippen LogP) is 4.06. The van der Waals surface area contributed by atoms with Crippen LogP contribution in [-0.4, -0.2) is 17.9 Å². The van der Waals surface area contributed by atoms with Gasteiger partial charge in [0.2, 0.25) is 5.91 Å². The van der Waals surface area contributed by atoms with Gasteiger partial charge in [0.05, 0.1) is 12.0 Å². The maximum atomic E-state index is 11.7. The summed E-state index contributed by atoms with van der Waals surface area (Å²) < 4.78 is 0. The number of carbonyl (C=O) groups excluding carboxylic acids is 1. The van der Waals surface area contributed by atoms with Gasteiger partial charge in [-0.2, -0.15) is 5.10 Å². The van der Waals surface area contributed by atoms with Crippen LogP contribution in [0.15, 0.2) is 34.7 Å². The molecule has 1 amide bonds. The number of amides is 1. The lowest BCUT2D eigenvalue weighted by Crippen LogP contribution is -2.19. The van der Waals surface area contributed by atoms with Gasteiger partial charge in [0.1, 0.15) is 0 Å². The topological polar surface area (TPSA) is 41.5 Å². The third-order valence-corrected chi connectivity index (χ3v) is 5.01. The van der Waals surface area contributed by atoms with Crippen LogP contribution in [-0.2, 0) is 10.5 Å². The van der Waals surface area contributed by atoms with Gasteiger partial charge < -0.3 is 0 Å². The Labute approximate surface area is 139 Å². The Kier molecular flexibility index (Phi) is 6.21. The molecular formula is C17H20N2OS2. The third-order valence-electron chi connectivity index (χ3n) is 3.06. The lowest BCUT2D eigenvalue weighted by atomic mass is 10.1. The van der Waals surface area contributed by atoms with E-state index in [4.69, 9.17) is 0 Å². The van der Waals surface area contributed by atoms with Crippen LogP contribution in [0, 0.1) is 20.8 Å². The number of benzene rings is 1. The molecule has 1 aromatic carbocycles. The van der Waals surface area contributed by atoms with Crippen LogP contribution in [0.2, 0.25) is 0 Å². The van der Waals surface area contributed by atoms with Crippen molar-refractivity contribution in [1.82, 2.24) is 5.43 Å². The molecule has 1 aromatic heterocycles. The van der Waals surface area contributed by atoms with E-state index in [0.29, 0.717) is 5.75 Å². The van der Waals surface area contributed by atoms with Gasteiger partial charge in [0, 0.05) is 10.6 Å². The maximum Gasteiger partial charge on any atom is 0.250 e. The Balaban J connectivity index is 1.74. The molecule has 0 radical (unpaired) electrons. The molecule has 0 fully saturated rings. The predicted molar refractivity (Wildman–Crippen MR) is 96.9 cm³/mol. The van der Waals surface area contributed by atoms with Crippen LogP contribution < -0.4 is 5.43 Å². The highest BCUT2D eigenvalue weighted by molar-refractivity contribution is 7.99. The molecule has 0 spiro atoms. The number of hydrazone groups is 1. The van der Waals surface area contributed by atoms with E-state index in [2.05, 4.69) is 42.6 Å². The minimum Gasteiger partial charge on any atom is -0.272 e. The second-order valence-corrected chi connectivity index (χ2v) is 7.18. The first-order chi connectivity index (χ1) is 10.5. The monoisotopic (exact) mass is 332 g/mol. The van der Waals surface area contributed by atoms with Crippen molar-refractivity contribution in [1.29, 1.82) is 0 Å². The molecule has 0 aliphatic rings. The van der Waals surface area contributed by atoms with E-state index in [1.54, 1.807) is 29.3 Å². The first-order valence-corrected chi connectivity index (χ1v) is 9.09. The average molecular weight is 332 g/mol. The highest BCUT2D eigenvalue weighted by Crippen LogP contribution is 2.16. The zero-order valence-corrected chi connectivity index (χ0v) is 14.7. The van der Waals surface area contributed by atoms with Crippen molar-refractivity contribution in [3.8, 4) is 0 Å². The Hall–Kier alpha value is -1.59. The van der Waals surface area contributed by atoms with E-state index >= 15 is 0 Å². The van der Waals surface area contributed by atoms with Gasteiger partial charge in [0.25, 0.3) is 0 Å². The fraction of sp³-hybridized carbons (Fsp3) is 0.294. The second kappa shape index (κ2) is 8.15. The van der Waals surface area contributed by atoms with E-state index in [0.717, 1.165) is 10.6 Å². The molecule has 0 saturated heterocycles. The summed E-state index contributed by atoms with van der Waals surface area (Å²) in [5, 5.41) is 6.01. The van der Waals surface area contributed by atoms with Gasteiger partial charge in [-0.15, -0.1) is 23.1 Å². The summed E-state index contributed by atoms with van der Waals surface area (Å²) in [7, 11) is 0. The standard InChI is InChI=1S/C17H20N2OS2/c1-12-6-13(2)8-15(7-12)10-21-11-17(20)19-18-9-16-14(3)4-5-22-16/h4-9H,10-11H2,1-3H3,(H,19,20)/b18-9-. The van der Waals surface area contributed by atoms with Crippen LogP contribution in [0.1, 0.15) is 27.1 Å². The lowest BCUT2D eigenvalue weighted by molar-refractivity contribution is -0.118. The van der Waals surface area contributed by atoms with E-state index in [-0.39, 0.29) is 5.91 Å². The number of thioether (sulfide) groups is 1. The number of rotatable bonds is 6. The SMILES string of the molecule is Cc1cc(C)cc(CSCC(=O)N/N=C\c2sccc2C)c1. The van der Waals surface area contributed by atoms with Gasteiger partial charge in [-0.1, -0.05) is 29.3 Å². The van der Waals surface area contributed by atoms with Crippen molar-refractivity contribution in [3.63, 3.8) is 0 Å². The van der Waals surface area contributed by atoms with E-state index in [9.17, 15) is 4.79 Å². The summed E-state index contributed by atoms with van der Waals surface area (Å²) >= 11 is 3.21. The van der Waals surface area contributed by atoms with Crippen molar-refractivity contribution < 1.29 is 4.79 Å². The van der Waals surface area contributed by atoms with Crippen molar-refractivity contribution in [2.45, 2.75) is 26.5 Å². The fourth-order valence-electron chi connectivity index (χ4n) is 2.13. The minimum absolute atomic E-state index is 0.0696.